The van der Waals surface area contributed by atoms with Gasteiger partial charge in [0.05, 0.1) is 12.1 Å². The lowest BCUT2D eigenvalue weighted by Gasteiger charge is -2.27. The van der Waals surface area contributed by atoms with Crippen molar-refractivity contribution in [2.45, 2.75) is 26.3 Å². The molecule has 0 saturated heterocycles. The van der Waals surface area contributed by atoms with E-state index in [1.807, 2.05) is 32.9 Å². The summed E-state index contributed by atoms with van der Waals surface area (Å²) in [6.07, 6.45) is 0. The van der Waals surface area contributed by atoms with E-state index in [0.717, 1.165) is 11.3 Å². The Hall–Kier alpha value is -0.930. The van der Waals surface area contributed by atoms with Crippen LogP contribution in [0.1, 0.15) is 19.4 Å². The summed E-state index contributed by atoms with van der Waals surface area (Å²) in [4.78, 5) is 0. The van der Waals surface area contributed by atoms with Gasteiger partial charge in [-0.15, -0.1) is 0 Å². The molecule has 1 rings (SSSR count). The number of nitrogens with two attached hydrogens (primary N) is 1. The molecule has 0 bridgehead atoms. The van der Waals surface area contributed by atoms with Crippen molar-refractivity contribution < 1.29 is 4.74 Å². The first-order valence-corrected chi connectivity index (χ1v) is 5.60. The Bertz CT molecular complexity index is 378. The van der Waals surface area contributed by atoms with Gasteiger partial charge < -0.3 is 15.8 Å². The van der Waals surface area contributed by atoms with Crippen LogP contribution in [0, 0.1) is 6.92 Å². The number of ether oxygens (including phenoxy) is 1. The van der Waals surface area contributed by atoms with Crippen molar-refractivity contribution in [3.8, 4) is 5.75 Å². The first-order valence-electron chi connectivity index (χ1n) is 5.22. The molecule has 3 nitrogen and oxygen atoms in total. The average Bonchev–Trinajstić information content (AvgIpc) is 2.22. The third-order valence-electron chi connectivity index (χ3n) is 2.48. The fourth-order valence-corrected chi connectivity index (χ4v) is 1.60. The fraction of sp³-hybridized carbons (Fsp3) is 0.500. The van der Waals surface area contributed by atoms with E-state index in [1.165, 1.54) is 0 Å². The summed E-state index contributed by atoms with van der Waals surface area (Å²) in [6, 6.07) is 3.78. The van der Waals surface area contributed by atoms with Crippen molar-refractivity contribution in [1.82, 2.24) is 0 Å². The third-order valence-corrected chi connectivity index (χ3v) is 2.78. The van der Waals surface area contributed by atoms with Crippen molar-refractivity contribution in [2.24, 2.45) is 5.73 Å². The summed E-state index contributed by atoms with van der Waals surface area (Å²) < 4.78 is 5.15. The summed E-state index contributed by atoms with van der Waals surface area (Å²) in [5, 5.41) is 3.96. The van der Waals surface area contributed by atoms with Gasteiger partial charge in [-0.2, -0.15) is 0 Å². The van der Waals surface area contributed by atoms with Gasteiger partial charge in [0.2, 0.25) is 0 Å². The topological polar surface area (TPSA) is 47.3 Å². The van der Waals surface area contributed by atoms with E-state index in [2.05, 4.69) is 5.32 Å². The molecule has 3 N–H and O–H groups in total. The minimum atomic E-state index is -0.150. The maximum Gasteiger partial charge on any atom is 0.137 e. The molecule has 0 amide bonds. The molecular formula is C12H19ClN2O. The van der Waals surface area contributed by atoms with Gasteiger partial charge in [-0.25, -0.2) is 0 Å². The van der Waals surface area contributed by atoms with Gasteiger partial charge in [-0.3, -0.25) is 0 Å². The maximum atomic E-state index is 6.08. The van der Waals surface area contributed by atoms with Crippen LogP contribution in [-0.4, -0.2) is 19.2 Å². The lowest BCUT2D eigenvalue weighted by Crippen LogP contribution is -2.39. The number of hydrogen-bond acceptors (Lipinski definition) is 3. The van der Waals surface area contributed by atoms with E-state index < -0.39 is 0 Å². The van der Waals surface area contributed by atoms with Gasteiger partial charge in [-0.05, 0) is 38.5 Å². The van der Waals surface area contributed by atoms with E-state index in [9.17, 15) is 0 Å². The van der Waals surface area contributed by atoms with Crippen LogP contribution in [0.4, 0.5) is 5.69 Å². The summed E-state index contributed by atoms with van der Waals surface area (Å²) in [7, 11) is 1.61. The van der Waals surface area contributed by atoms with E-state index in [-0.39, 0.29) is 5.54 Å². The Morgan fingerprint density at radius 3 is 2.56 bits per heavy atom. The van der Waals surface area contributed by atoms with Gasteiger partial charge in [-0.1, -0.05) is 11.6 Å². The number of rotatable bonds is 4. The molecule has 0 fully saturated rings. The van der Waals surface area contributed by atoms with Crippen LogP contribution in [0.3, 0.4) is 0 Å². The van der Waals surface area contributed by atoms with Crippen molar-refractivity contribution in [3.63, 3.8) is 0 Å². The standard InChI is InChI=1S/C12H19ClN2O/c1-8-5-11(16-4)9(13)6-10(8)15-12(2,3)7-14/h5-6,15H,7,14H2,1-4H3. The predicted octanol–water partition coefficient (Wildman–Crippen LogP) is 2.81. The number of benzene rings is 1. The molecule has 0 atom stereocenters. The molecular weight excluding hydrogens is 224 g/mol. The molecule has 0 aliphatic rings. The number of hydrogen-bond donors (Lipinski definition) is 2. The van der Waals surface area contributed by atoms with E-state index in [1.54, 1.807) is 7.11 Å². The second-order valence-electron chi connectivity index (χ2n) is 4.51. The van der Waals surface area contributed by atoms with Crippen LogP contribution in [0.5, 0.6) is 5.75 Å². The molecule has 0 heterocycles. The number of nitrogens with one attached hydrogen (secondary N) is 1. The molecule has 1 aromatic rings. The van der Waals surface area contributed by atoms with Gasteiger partial charge >= 0.3 is 0 Å². The minimum Gasteiger partial charge on any atom is -0.495 e. The Labute approximate surface area is 102 Å². The lowest BCUT2D eigenvalue weighted by atomic mass is 10.0. The number of aryl methyl sites for hydroxylation is 1. The Kier molecular flexibility index (Phi) is 4.05. The molecule has 0 aliphatic carbocycles. The van der Waals surface area contributed by atoms with E-state index >= 15 is 0 Å². The second-order valence-corrected chi connectivity index (χ2v) is 4.92. The van der Waals surface area contributed by atoms with Gasteiger partial charge in [0, 0.05) is 17.8 Å². The van der Waals surface area contributed by atoms with Crippen LogP contribution in [0.2, 0.25) is 5.02 Å². The highest BCUT2D eigenvalue weighted by Gasteiger charge is 2.16. The van der Waals surface area contributed by atoms with Crippen LogP contribution in [0.25, 0.3) is 0 Å². The molecule has 16 heavy (non-hydrogen) atoms. The lowest BCUT2D eigenvalue weighted by molar-refractivity contribution is 0.414. The Morgan fingerprint density at radius 1 is 1.44 bits per heavy atom. The average molecular weight is 243 g/mol. The fourth-order valence-electron chi connectivity index (χ4n) is 1.36. The van der Waals surface area contributed by atoms with Crippen molar-refractivity contribution in [3.05, 3.63) is 22.7 Å². The maximum absolute atomic E-state index is 6.08. The first-order chi connectivity index (χ1) is 7.39. The molecule has 90 valence electrons. The SMILES string of the molecule is COc1cc(C)c(NC(C)(C)CN)cc1Cl. The normalized spacial score (nSPS) is 11.4. The van der Waals surface area contributed by atoms with Gasteiger partial charge in [0.15, 0.2) is 0 Å². The second kappa shape index (κ2) is 4.93. The Balaban J connectivity index is 3.02. The zero-order valence-electron chi connectivity index (χ0n) is 10.2. The molecule has 0 saturated carbocycles. The van der Waals surface area contributed by atoms with Crippen molar-refractivity contribution in [2.75, 3.05) is 19.0 Å². The predicted molar refractivity (Wildman–Crippen MR) is 69.5 cm³/mol. The zero-order valence-corrected chi connectivity index (χ0v) is 11.0. The molecule has 0 aliphatic heterocycles. The first kappa shape index (κ1) is 13.1. The Morgan fingerprint density at radius 2 is 2.06 bits per heavy atom. The molecule has 0 spiro atoms. The summed E-state index contributed by atoms with van der Waals surface area (Å²) in [6.45, 7) is 6.65. The summed E-state index contributed by atoms with van der Waals surface area (Å²) in [5.74, 6) is 0.690. The molecule has 0 radical (unpaired) electrons. The van der Waals surface area contributed by atoms with Crippen LogP contribution in [0.15, 0.2) is 12.1 Å². The highest BCUT2D eigenvalue weighted by Crippen LogP contribution is 2.31. The molecule has 0 aromatic heterocycles. The van der Waals surface area contributed by atoms with Crippen LogP contribution >= 0.6 is 11.6 Å². The van der Waals surface area contributed by atoms with Crippen molar-refractivity contribution >= 4 is 17.3 Å². The smallest absolute Gasteiger partial charge is 0.137 e. The highest BCUT2D eigenvalue weighted by atomic mass is 35.5. The minimum absolute atomic E-state index is 0.150. The summed E-state index contributed by atoms with van der Waals surface area (Å²) >= 11 is 6.08. The number of halogens is 1. The number of methoxy groups -OCH3 is 1. The zero-order chi connectivity index (χ0) is 12.3. The number of anilines is 1. The van der Waals surface area contributed by atoms with E-state index in [0.29, 0.717) is 17.3 Å². The molecule has 4 heteroatoms. The van der Waals surface area contributed by atoms with Crippen LogP contribution in [-0.2, 0) is 0 Å². The highest BCUT2D eigenvalue weighted by molar-refractivity contribution is 6.32. The quantitative estimate of drug-likeness (QED) is 0.854. The van der Waals surface area contributed by atoms with Crippen LogP contribution < -0.4 is 15.8 Å². The molecule has 1 aromatic carbocycles. The van der Waals surface area contributed by atoms with Gasteiger partial charge in [0.25, 0.3) is 0 Å². The van der Waals surface area contributed by atoms with Gasteiger partial charge in [0.1, 0.15) is 5.75 Å². The largest absolute Gasteiger partial charge is 0.495 e. The van der Waals surface area contributed by atoms with Crippen molar-refractivity contribution in [1.29, 1.82) is 0 Å². The molecule has 0 unspecified atom stereocenters. The summed E-state index contributed by atoms with van der Waals surface area (Å²) in [5.41, 5.74) is 7.60. The third kappa shape index (κ3) is 3.03. The van der Waals surface area contributed by atoms with E-state index in [4.69, 9.17) is 22.1 Å². The monoisotopic (exact) mass is 242 g/mol.